The molecule has 4 rings (SSSR count). The predicted molar refractivity (Wildman–Crippen MR) is 125 cm³/mol. The topological polar surface area (TPSA) is 61.6 Å². The number of hydrogen-bond donors (Lipinski definition) is 1. The summed E-state index contributed by atoms with van der Waals surface area (Å²) in [7, 11) is 0. The van der Waals surface area contributed by atoms with E-state index in [9.17, 15) is 18.0 Å². The van der Waals surface area contributed by atoms with E-state index >= 15 is 0 Å². The highest BCUT2D eigenvalue weighted by atomic mass is 19.4. The maximum absolute atomic E-state index is 12.9. The lowest BCUT2D eigenvalue weighted by Gasteiger charge is -2.34. The molecule has 9 heteroatoms. The van der Waals surface area contributed by atoms with E-state index in [1.54, 1.807) is 0 Å². The summed E-state index contributed by atoms with van der Waals surface area (Å²) in [6.07, 6.45) is -2.10. The summed E-state index contributed by atoms with van der Waals surface area (Å²) in [5, 5.41) is 2.60. The largest absolute Gasteiger partial charge is 0.447 e. The van der Waals surface area contributed by atoms with Gasteiger partial charge in [-0.15, -0.1) is 0 Å². The molecule has 0 spiro atoms. The minimum atomic E-state index is -4.42. The third-order valence-electron chi connectivity index (χ3n) is 6.15. The normalized spacial score (nSPS) is 15.3. The average molecular weight is 487 g/mol. The Hall–Kier alpha value is -3.17. The molecular formula is C26H29F3N4O2. The first kappa shape index (κ1) is 24.9. The molecule has 0 atom stereocenters. The van der Waals surface area contributed by atoms with E-state index in [-0.39, 0.29) is 12.2 Å². The summed E-state index contributed by atoms with van der Waals surface area (Å²) < 4.78 is 44.0. The zero-order chi connectivity index (χ0) is 24.8. The van der Waals surface area contributed by atoms with Gasteiger partial charge in [-0.25, -0.2) is 4.98 Å². The second kappa shape index (κ2) is 11.0. The molecule has 2 heterocycles. The van der Waals surface area contributed by atoms with E-state index < -0.39 is 17.6 Å². The first-order valence-corrected chi connectivity index (χ1v) is 11.7. The number of rotatable bonds is 8. The molecule has 186 valence electrons. The van der Waals surface area contributed by atoms with E-state index in [2.05, 4.69) is 51.3 Å². The van der Waals surface area contributed by atoms with Crippen LogP contribution in [0, 0.1) is 0 Å². The number of nitrogens with zero attached hydrogens (tertiary/aromatic N) is 3. The van der Waals surface area contributed by atoms with Crippen molar-refractivity contribution in [3.8, 4) is 0 Å². The number of amides is 1. The number of hydrogen-bond acceptors (Lipinski definition) is 5. The van der Waals surface area contributed by atoms with Crippen molar-refractivity contribution in [3.63, 3.8) is 0 Å². The number of aromatic nitrogens is 1. The number of benzene rings is 2. The molecular weight excluding hydrogens is 457 g/mol. The number of carbonyl (C=O) groups is 1. The molecule has 1 aliphatic rings. The Kier molecular flexibility index (Phi) is 7.87. The number of nitrogens with one attached hydrogen (secondary N) is 1. The van der Waals surface area contributed by atoms with Gasteiger partial charge in [-0.1, -0.05) is 43.3 Å². The third kappa shape index (κ3) is 6.93. The predicted octanol–water partition coefficient (Wildman–Crippen LogP) is 4.50. The molecule has 0 unspecified atom stereocenters. The fourth-order valence-corrected chi connectivity index (χ4v) is 4.05. The molecule has 35 heavy (non-hydrogen) atoms. The average Bonchev–Trinajstić information content (AvgIpc) is 3.32. The molecule has 1 aliphatic heterocycles. The number of piperazine rings is 1. The van der Waals surface area contributed by atoms with E-state index in [4.69, 9.17) is 4.42 Å². The lowest BCUT2D eigenvalue weighted by atomic mass is 10.1. The van der Waals surface area contributed by atoms with Gasteiger partial charge in [0, 0.05) is 39.3 Å². The molecule has 0 bridgehead atoms. The van der Waals surface area contributed by atoms with Gasteiger partial charge in [0.1, 0.15) is 6.26 Å². The summed E-state index contributed by atoms with van der Waals surface area (Å²) in [5.74, 6) is -0.0471. The van der Waals surface area contributed by atoms with Gasteiger partial charge in [0.25, 0.3) is 5.91 Å². The summed E-state index contributed by atoms with van der Waals surface area (Å²) >= 11 is 0. The van der Waals surface area contributed by atoms with Gasteiger partial charge in [-0.2, -0.15) is 13.2 Å². The molecule has 3 aromatic rings. The van der Waals surface area contributed by atoms with Crippen molar-refractivity contribution in [1.29, 1.82) is 0 Å². The summed E-state index contributed by atoms with van der Waals surface area (Å²) in [4.78, 5) is 21.3. The number of carbonyl (C=O) groups excluding carboxylic acids is 1. The highest BCUT2D eigenvalue weighted by molar-refractivity contribution is 5.91. The Labute approximate surface area is 202 Å². The van der Waals surface area contributed by atoms with Crippen LogP contribution in [0.15, 0.2) is 59.2 Å². The molecule has 0 radical (unpaired) electrons. The highest BCUT2D eigenvalue weighted by Crippen LogP contribution is 2.29. The minimum Gasteiger partial charge on any atom is -0.447 e. The Morgan fingerprint density at radius 2 is 1.63 bits per heavy atom. The lowest BCUT2D eigenvalue weighted by molar-refractivity contribution is -0.137. The number of aryl methyl sites for hydroxylation is 1. The summed E-state index contributed by atoms with van der Waals surface area (Å²) in [5.41, 5.74) is 2.37. The van der Waals surface area contributed by atoms with Crippen LogP contribution in [0.2, 0.25) is 0 Å². The van der Waals surface area contributed by atoms with Crippen LogP contribution in [0.1, 0.15) is 45.6 Å². The Morgan fingerprint density at radius 1 is 0.971 bits per heavy atom. The van der Waals surface area contributed by atoms with Gasteiger partial charge in [0.05, 0.1) is 12.1 Å². The lowest BCUT2D eigenvalue weighted by Crippen LogP contribution is -2.45. The van der Waals surface area contributed by atoms with E-state index in [1.807, 2.05) is 0 Å². The zero-order valence-electron chi connectivity index (χ0n) is 19.6. The van der Waals surface area contributed by atoms with Crippen molar-refractivity contribution >= 4 is 5.91 Å². The monoisotopic (exact) mass is 486 g/mol. The van der Waals surface area contributed by atoms with Crippen LogP contribution in [0.25, 0.3) is 0 Å². The molecule has 6 nitrogen and oxygen atoms in total. The maximum Gasteiger partial charge on any atom is 0.416 e. The van der Waals surface area contributed by atoms with Crippen LogP contribution in [-0.2, 0) is 32.2 Å². The van der Waals surface area contributed by atoms with Gasteiger partial charge >= 0.3 is 6.18 Å². The fraction of sp³-hybridized carbons (Fsp3) is 0.385. The minimum absolute atomic E-state index is 0.0337. The molecule has 2 aromatic carbocycles. The van der Waals surface area contributed by atoms with E-state index in [1.165, 1.54) is 29.5 Å². The van der Waals surface area contributed by atoms with E-state index in [0.29, 0.717) is 18.0 Å². The highest BCUT2D eigenvalue weighted by Gasteiger charge is 2.30. The molecule has 1 amide bonds. The Morgan fingerprint density at radius 3 is 2.29 bits per heavy atom. The van der Waals surface area contributed by atoms with Crippen LogP contribution in [0.4, 0.5) is 13.2 Å². The molecule has 1 saturated heterocycles. The standard InChI is InChI=1S/C26H29F3N4O2/c1-2-19-6-8-20(9-7-19)16-32-10-12-33(13-11-32)17-24-31-23(18-35-24)25(34)30-15-21-4-3-5-22(14-21)26(27,28)29/h3-9,14,18H,2,10-13,15-17H2,1H3,(H,30,34). The van der Waals surface area contributed by atoms with Gasteiger partial charge in [0.15, 0.2) is 5.69 Å². The fourth-order valence-electron chi connectivity index (χ4n) is 4.05. The van der Waals surface area contributed by atoms with Crippen LogP contribution in [-0.4, -0.2) is 46.9 Å². The van der Waals surface area contributed by atoms with Crippen molar-refractivity contribution in [1.82, 2.24) is 20.1 Å². The second-order valence-electron chi connectivity index (χ2n) is 8.73. The molecule has 1 fully saturated rings. The first-order chi connectivity index (χ1) is 16.8. The van der Waals surface area contributed by atoms with Gasteiger partial charge in [-0.05, 0) is 35.2 Å². The number of halogens is 3. The van der Waals surface area contributed by atoms with Gasteiger partial charge < -0.3 is 9.73 Å². The number of oxazole rings is 1. The SMILES string of the molecule is CCc1ccc(CN2CCN(Cc3nc(C(=O)NCc4cccc(C(F)(F)F)c4)co3)CC2)cc1. The molecule has 1 aromatic heterocycles. The quantitative estimate of drug-likeness (QED) is 0.508. The van der Waals surface area contributed by atoms with E-state index in [0.717, 1.165) is 51.3 Å². The molecule has 0 aliphatic carbocycles. The van der Waals surface area contributed by atoms with Crippen LogP contribution in [0.5, 0.6) is 0 Å². The van der Waals surface area contributed by atoms with Crippen molar-refractivity contribution in [2.75, 3.05) is 26.2 Å². The maximum atomic E-state index is 12.9. The van der Waals surface area contributed by atoms with Crippen molar-refractivity contribution in [2.24, 2.45) is 0 Å². The summed E-state index contributed by atoms with van der Waals surface area (Å²) in [6.45, 7) is 7.14. The van der Waals surface area contributed by atoms with Crippen LogP contribution < -0.4 is 5.32 Å². The summed E-state index contributed by atoms with van der Waals surface area (Å²) in [6, 6.07) is 13.6. The molecule has 1 N–H and O–H groups in total. The Bertz CT molecular complexity index is 1120. The molecule has 0 saturated carbocycles. The van der Waals surface area contributed by atoms with Crippen molar-refractivity contribution in [2.45, 2.75) is 39.2 Å². The zero-order valence-corrected chi connectivity index (χ0v) is 19.6. The number of alkyl halides is 3. The third-order valence-corrected chi connectivity index (χ3v) is 6.15. The van der Waals surface area contributed by atoms with Crippen LogP contribution in [0.3, 0.4) is 0 Å². The van der Waals surface area contributed by atoms with Gasteiger partial charge in [0.2, 0.25) is 5.89 Å². The van der Waals surface area contributed by atoms with Crippen molar-refractivity contribution < 1.29 is 22.4 Å². The van der Waals surface area contributed by atoms with Crippen LogP contribution >= 0.6 is 0 Å². The second-order valence-corrected chi connectivity index (χ2v) is 8.73. The van der Waals surface area contributed by atoms with Crippen molar-refractivity contribution in [3.05, 3.63) is 88.6 Å². The smallest absolute Gasteiger partial charge is 0.416 e. The first-order valence-electron chi connectivity index (χ1n) is 11.7. The Balaban J connectivity index is 1.23. The van der Waals surface area contributed by atoms with Gasteiger partial charge in [-0.3, -0.25) is 14.6 Å².